The van der Waals surface area contributed by atoms with Crippen molar-refractivity contribution in [2.45, 2.75) is 38.0 Å². The van der Waals surface area contributed by atoms with E-state index < -0.39 is 0 Å². The van der Waals surface area contributed by atoms with Crippen molar-refractivity contribution < 1.29 is 14.3 Å². The van der Waals surface area contributed by atoms with Crippen LogP contribution < -0.4 is 10.6 Å². The van der Waals surface area contributed by atoms with Gasteiger partial charge in [0.05, 0.1) is 0 Å². The van der Waals surface area contributed by atoms with Gasteiger partial charge < -0.3 is 20.1 Å². The van der Waals surface area contributed by atoms with Crippen LogP contribution in [0.4, 0.5) is 4.79 Å². The summed E-state index contributed by atoms with van der Waals surface area (Å²) in [5.74, 6) is 0. The Kier molecular flexibility index (Phi) is 6.50. The van der Waals surface area contributed by atoms with Crippen molar-refractivity contribution in [1.82, 2.24) is 10.6 Å². The van der Waals surface area contributed by atoms with Crippen LogP contribution in [0.15, 0.2) is 30.3 Å². The topological polar surface area (TPSA) is 59.6 Å². The highest BCUT2D eigenvalue weighted by molar-refractivity contribution is 5.67. The molecule has 0 heterocycles. The van der Waals surface area contributed by atoms with E-state index in [2.05, 4.69) is 10.6 Å². The fourth-order valence-corrected chi connectivity index (χ4v) is 2.36. The van der Waals surface area contributed by atoms with Crippen molar-refractivity contribution in [3.05, 3.63) is 35.9 Å². The number of methoxy groups -OCH3 is 1. The number of hydrogen-bond donors (Lipinski definition) is 2. The molecule has 0 unspecified atom stereocenters. The van der Waals surface area contributed by atoms with E-state index in [9.17, 15) is 4.79 Å². The van der Waals surface area contributed by atoms with Gasteiger partial charge >= 0.3 is 6.09 Å². The lowest BCUT2D eigenvalue weighted by molar-refractivity contribution is 0.125. The zero-order chi connectivity index (χ0) is 14.9. The molecule has 1 aliphatic carbocycles. The van der Waals surface area contributed by atoms with Gasteiger partial charge in [0, 0.05) is 25.8 Å². The molecule has 0 spiro atoms. The van der Waals surface area contributed by atoms with E-state index >= 15 is 0 Å². The summed E-state index contributed by atoms with van der Waals surface area (Å²) in [7, 11) is 1.71. The van der Waals surface area contributed by atoms with E-state index in [0.29, 0.717) is 12.6 Å². The van der Waals surface area contributed by atoms with Gasteiger partial charge in [-0.25, -0.2) is 4.79 Å². The van der Waals surface area contributed by atoms with E-state index in [1.807, 2.05) is 30.3 Å². The number of rotatable bonds is 8. The second kappa shape index (κ2) is 8.64. The Morgan fingerprint density at radius 2 is 2.00 bits per heavy atom. The summed E-state index contributed by atoms with van der Waals surface area (Å²) >= 11 is 0. The summed E-state index contributed by atoms with van der Waals surface area (Å²) in [5.41, 5.74) is 0.999. The Morgan fingerprint density at radius 3 is 2.71 bits per heavy atom. The molecule has 1 amide bonds. The molecular formula is C16H24N2O3. The number of alkyl carbamates (subject to hydrolysis) is 1. The van der Waals surface area contributed by atoms with E-state index in [-0.39, 0.29) is 12.1 Å². The monoisotopic (exact) mass is 292 g/mol. The second-order valence-electron chi connectivity index (χ2n) is 5.37. The molecule has 1 aromatic rings. The molecule has 5 heteroatoms. The largest absolute Gasteiger partial charge is 0.445 e. The SMILES string of the molecule is COCCCNC1CC(NC(=O)OCc2ccccc2)C1. The van der Waals surface area contributed by atoms with E-state index in [4.69, 9.17) is 9.47 Å². The van der Waals surface area contributed by atoms with E-state index in [1.165, 1.54) is 0 Å². The molecule has 0 aliphatic heterocycles. The van der Waals surface area contributed by atoms with E-state index in [0.717, 1.165) is 38.0 Å². The molecule has 5 nitrogen and oxygen atoms in total. The average molecular weight is 292 g/mol. The van der Waals surface area contributed by atoms with Gasteiger partial charge in [-0.2, -0.15) is 0 Å². The molecule has 0 bridgehead atoms. The number of hydrogen-bond acceptors (Lipinski definition) is 4. The molecule has 0 aromatic heterocycles. The fourth-order valence-electron chi connectivity index (χ4n) is 2.36. The van der Waals surface area contributed by atoms with Gasteiger partial charge in [0.1, 0.15) is 6.61 Å². The molecule has 21 heavy (non-hydrogen) atoms. The van der Waals surface area contributed by atoms with Crippen LogP contribution in [0.3, 0.4) is 0 Å². The molecule has 0 atom stereocenters. The fraction of sp³-hybridized carbons (Fsp3) is 0.562. The van der Waals surface area contributed by atoms with Crippen molar-refractivity contribution in [3.63, 3.8) is 0 Å². The number of carbonyl (C=O) groups excluding carboxylic acids is 1. The van der Waals surface area contributed by atoms with Crippen LogP contribution in [-0.4, -0.2) is 38.4 Å². The molecule has 1 saturated carbocycles. The Labute approximate surface area is 126 Å². The van der Waals surface area contributed by atoms with Crippen LogP contribution in [0.25, 0.3) is 0 Å². The highest BCUT2D eigenvalue weighted by Crippen LogP contribution is 2.20. The maximum absolute atomic E-state index is 11.7. The van der Waals surface area contributed by atoms with Gasteiger partial charge in [0.15, 0.2) is 0 Å². The lowest BCUT2D eigenvalue weighted by Crippen LogP contribution is -2.52. The number of nitrogens with one attached hydrogen (secondary N) is 2. The Hall–Kier alpha value is -1.59. The predicted octanol–water partition coefficient (Wildman–Crippen LogP) is 2.07. The van der Waals surface area contributed by atoms with E-state index in [1.54, 1.807) is 7.11 Å². The molecule has 2 N–H and O–H groups in total. The summed E-state index contributed by atoms with van der Waals surface area (Å²) in [6, 6.07) is 10.4. The quantitative estimate of drug-likeness (QED) is 0.720. The number of carbonyl (C=O) groups is 1. The number of benzene rings is 1. The normalized spacial score (nSPS) is 20.6. The lowest BCUT2D eigenvalue weighted by atomic mass is 9.87. The highest BCUT2D eigenvalue weighted by atomic mass is 16.5. The predicted molar refractivity (Wildman–Crippen MR) is 81.1 cm³/mol. The molecule has 1 aliphatic rings. The zero-order valence-electron chi connectivity index (χ0n) is 12.5. The standard InChI is InChI=1S/C16H24N2O3/c1-20-9-5-8-17-14-10-15(11-14)18-16(19)21-12-13-6-3-2-4-7-13/h2-4,6-7,14-15,17H,5,8-12H2,1H3,(H,18,19). The number of ether oxygens (including phenoxy) is 2. The maximum atomic E-state index is 11.7. The summed E-state index contributed by atoms with van der Waals surface area (Å²) in [6.07, 6.45) is 2.62. The maximum Gasteiger partial charge on any atom is 0.407 e. The van der Waals surface area contributed by atoms with Gasteiger partial charge in [-0.3, -0.25) is 0 Å². The Morgan fingerprint density at radius 1 is 1.24 bits per heavy atom. The summed E-state index contributed by atoms with van der Waals surface area (Å²) in [5, 5.41) is 6.34. The molecule has 116 valence electrons. The Balaban J connectivity index is 1.52. The van der Waals surface area contributed by atoms with Crippen molar-refractivity contribution in [2.24, 2.45) is 0 Å². The average Bonchev–Trinajstić information content (AvgIpc) is 2.47. The van der Waals surface area contributed by atoms with Gasteiger partial charge in [0.2, 0.25) is 0 Å². The van der Waals surface area contributed by atoms with Crippen molar-refractivity contribution in [1.29, 1.82) is 0 Å². The molecule has 2 rings (SSSR count). The molecule has 0 radical (unpaired) electrons. The van der Waals surface area contributed by atoms with Gasteiger partial charge in [0.25, 0.3) is 0 Å². The van der Waals surface area contributed by atoms with Crippen LogP contribution in [0.5, 0.6) is 0 Å². The highest BCUT2D eigenvalue weighted by Gasteiger charge is 2.29. The van der Waals surface area contributed by atoms with Crippen molar-refractivity contribution >= 4 is 6.09 Å². The second-order valence-corrected chi connectivity index (χ2v) is 5.37. The molecule has 1 aromatic carbocycles. The van der Waals surface area contributed by atoms with Crippen LogP contribution in [0.1, 0.15) is 24.8 Å². The first-order valence-electron chi connectivity index (χ1n) is 7.47. The summed E-state index contributed by atoms with van der Waals surface area (Å²) in [4.78, 5) is 11.7. The third kappa shape index (κ3) is 5.73. The summed E-state index contributed by atoms with van der Waals surface area (Å²) < 4.78 is 10.2. The minimum atomic E-state index is -0.332. The first-order chi connectivity index (χ1) is 10.3. The van der Waals surface area contributed by atoms with Gasteiger partial charge in [-0.05, 0) is 31.4 Å². The first-order valence-corrected chi connectivity index (χ1v) is 7.47. The van der Waals surface area contributed by atoms with Crippen LogP contribution >= 0.6 is 0 Å². The smallest absolute Gasteiger partial charge is 0.407 e. The minimum absolute atomic E-state index is 0.230. The molecule has 1 fully saturated rings. The minimum Gasteiger partial charge on any atom is -0.445 e. The van der Waals surface area contributed by atoms with Gasteiger partial charge in [-0.1, -0.05) is 30.3 Å². The number of amides is 1. The van der Waals surface area contributed by atoms with Gasteiger partial charge in [-0.15, -0.1) is 0 Å². The van der Waals surface area contributed by atoms with Crippen molar-refractivity contribution in [2.75, 3.05) is 20.3 Å². The van der Waals surface area contributed by atoms with Crippen LogP contribution in [-0.2, 0) is 16.1 Å². The third-order valence-corrected chi connectivity index (χ3v) is 3.63. The molecule has 0 saturated heterocycles. The lowest BCUT2D eigenvalue weighted by Gasteiger charge is -2.36. The van der Waals surface area contributed by atoms with Crippen LogP contribution in [0, 0.1) is 0 Å². The zero-order valence-corrected chi connectivity index (χ0v) is 12.5. The first kappa shape index (κ1) is 15.8. The summed E-state index contributed by atoms with van der Waals surface area (Å²) in [6.45, 7) is 2.06. The van der Waals surface area contributed by atoms with Crippen molar-refractivity contribution in [3.8, 4) is 0 Å². The third-order valence-electron chi connectivity index (χ3n) is 3.63. The molecular weight excluding hydrogens is 268 g/mol. The van der Waals surface area contributed by atoms with Crippen LogP contribution in [0.2, 0.25) is 0 Å². The Bertz CT molecular complexity index is 419.